The zero-order valence-electron chi connectivity index (χ0n) is 8.80. The summed E-state index contributed by atoms with van der Waals surface area (Å²) in [4.78, 5) is 0. The Morgan fingerprint density at radius 2 is 1.69 bits per heavy atom. The molecule has 0 aliphatic carbocycles. The summed E-state index contributed by atoms with van der Waals surface area (Å²) < 4.78 is 42.9. The summed E-state index contributed by atoms with van der Waals surface area (Å²) in [5, 5.41) is 8.54. The molecule has 0 saturated heterocycles. The van der Waals surface area contributed by atoms with Crippen molar-refractivity contribution in [2.24, 2.45) is 0 Å². The third-order valence-corrected chi connectivity index (χ3v) is 2.51. The zero-order valence-corrected chi connectivity index (χ0v) is 8.80. The standard InChI is InChI=1S/C11H10F3NO/c1-10(16-2,11(12,13)14)9-5-3-8(7-15)4-6-9/h3-6H,1-2H3. The molecule has 0 bridgehead atoms. The molecule has 0 saturated carbocycles. The monoisotopic (exact) mass is 229 g/mol. The highest BCUT2D eigenvalue weighted by molar-refractivity contribution is 5.34. The highest BCUT2D eigenvalue weighted by Crippen LogP contribution is 2.41. The maximum atomic E-state index is 12.8. The molecule has 0 N–H and O–H groups in total. The van der Waals surface area contributed by atoms with Gasteiger partial charge in [0.2, 0.25) is 0 Å². The van der Waals surface area contributed by atoms with Crippen LogP contribution in [0.25, 0.3) is 0 Å². The van der Waals surface area contributed by atoms with E-state index in [1.807, 2.05) is 6.07 Å². The van der Waals surface area contributed by atoms with Gasteiger partial charge in [0.1, 0.15) is 0 Å². The first-order valence-electron chi connectivity index (χ1n) is 4.47. The zero-order chi connectivity index (χ0) is 12.4. The number of rotatable bonds is 2. The first-order chi connectivity index (χ1) is 7.35. The summed E-state index contributed by atoms with van der Waals surface area (Å²) in [6.45, 7) is 0.953. The van der Waals surface area contributed by atoms with E-state index in [9.17, 15) is 13.2 Å². The smallest absolute Gasteiger partial charge is 0.364 e. The fourth-order valence-electron chi connectivity index (χ4n) is 1.26. The lowest BCUT2D eigenvalue weighted by Crippen LogP contribution is -2.41. The molecule has 0 amide bonds. The molecule has 0 heterocycles. The van der Waals surface area contributed by atoms with Crippen LogP contribution in [0, 0.1) is 11.3 Å². The minimum Gasteiger partial charge on any atom is -0.364 e. The van der Waals surface area contributed by atoms with Gasteiger partial charge in [-0.3, -0.25) is 0 Å². The summed E-state index contributed by atoms with van der Waals surface area (Å²) in [7, 11) is 1.01. The molecule has 0 aromatic heterocycles. The first-order valence-corrected chi connectivity index (χ1v) is 4.47. The van der Waals surface area contributed by atoms with Crippen molar-refractivity contribution < 1.29 is 17.9 Å². The maximum Gasteiger partial charge on any atom is 0.421 e. The third-order valence-electron chi connectivity index (χ3n) is 2.51. The molecule has 1 aromatic carbocycles. The summed E-state index contributed by atoms with van der Waals surface area (Å²) in [5.41, 5.74) is -2.06. The lowest BCUT2D eigenvalue weighted by atomic mass is 9.94. The predicted octanol–water partition coefficient (Wildman–Crippen LogP) is 2.98. The Kier molecular flexibility index (Phi) is 3.24. The first kappa shape index (κ1) is 12.5. The van der Waals surface area contributed by atoms with E-state index in [0.717, 1.165) is 14.0 Å². The van der Waals surface area contributed by atoms with Crippen LogP contribution < -0.4 is 0 Å². The van der Waals surface area contributed by atoms with E-state index in [1.54, 1.807) is 0 Å². The molecule has 0 radical (unpaired) electrons. The number of methoxy groups -OCH3 is 1. The molecule has 1 unspecified atom stereocenters. The topological polar surface area (TPSA) is 33.0 Å². The average molecular weight is 229 g/mol. The number of alkyl halides is 3. The Labute approximate surface area is 91.3 Å². The summed E-state index contributed by atoms with van der Waals surface area (Å²) in [5.74, 6) is 0. The molecular weight excluding hydrogens is 219 g/mol. The van der Waals surface area contributed by atoms with Crippen molar-refractivity contribution in [2.75, 3.05) is 7.11 Å². The lowest BCUT2D eigenvalue weighted by Gasteiger charge is -2.30. The summed E-state index contributed by atoms with van der Waals surface area (Å²) in [6, 6.07) is 6.99. The minimum absolute atomic E-state index is 0.0264. The Balaban J connectivity index is 3.20. The molecule has 2 nitrogen and oxygen atoms in total. The second-order valence-corrected chi connectivity index (χ2v) is 3.42. The molecule has 1 aromatic rings. The van der Waals surface area contributed by atoms with Gasteiger partial charge in [-0.05, 0) is 24.6 Å². The number of nitriles is 1. The fraction of sp³-hybridized carbons (Fsp3) is 0.364. The van der Waals surface area contributed by atoms with Crippen molar-refractivity contribution in [3.05, 3.63) is 35.4 Å². The molecule has 0 spiro atoms. The van der Waals surface area contributed by atoms with Gasteiger partial charge in [0.25, 0.3) is 0 Å². The van der Waals surface area contributed by atoms with Gasteiger partial charge in [-0.15, -0.1) is 0 Å². The molecule has 1 rings (SSSR count). The van der Waals surface area contributed by atoms with E-state index in [2.05, 4.69) is 4.74 Å². The largest absolute Gasteiger partial charge is 0.421 e. The third kappa shape index (κ3) is 2.02. The molecule has 5 heteroatoms. The van der Waals surface area contributed by atoms with Crippen molar-refractivity contribution in [2.45, 2.75) is 18.7 Å². The second-order valence-electron chi connectivity index (χ2n) is 3.42. The predicted molar refractivity (Wildman–Crippen MR) is 51.6 cm³/mol. The summed E-state index contributed by atoms with van der Waals surface area (Å²) in [6.07, 6.45) is -4.50. The van der Waals surface area contributed by atoms with Gasteiger partial charge in [0.05, 0.1) is 11.6 Å². The second kappa shape index (κ2) is 4.14. The van der Waals surface area contributed by atoms with Crippen LogP contribution in [0.4, 0.5) is 13.2 Å². The van der Waals surface area contributed by atoms with E-state index in [-0.39, 0.29) is 5.56 Å². The lowest BCUT2D eigenvalue weighted by molar-refractivity contribution is -0.269. The minimum atomic E-state index is -4.50. The Morgan fingerprint density at radius 1 is 1.19 bits per heavy atom. The van der Waals surface area contributed by atoms with E-state index in [4.69, 9.17) is 5.26 Å². The van der Waals surface area contributed by atoms with Gasteiger partial charge in [-0.1, -0.05) is 12.1 Å². The van der Waals surface area contributed by atoms with Gasteiger partial charge in [0, 0.05) is 7.11 Å². The highest BCUT2D eigenvalue weighted by Gasteiger charge is 2.52. The van der Waals surface area contributed by atoms with Gasteiger partial charge < -0.3 is 4.74 Å². The van der Waals surface area contributed by atoms with E-state index in [0.29, 0.717) is 5.56 Å². The van der Waals surface area contributed by atoms with E-state index < -0.39 is 11.8 Å². The van der Waals surface area contributed by atoms with Crippen LogP contribution in [0.5, 0.6) is 0 Å². The molecule has 0 aliphatic heterocycles. The number of benzene rings is 1. The van der Waals surface area contributed by atoms with Crippen LogP contribution >= 0.6 is 0 Å². The average Bonchev–Trinajstić information content (AvgIpc) is 2.26. The molecule has 86 valence electrons. The quantitative estimate of drug-likeness (QED) is 0.781. The van der Waals surface area contributed by atoms with Gasteiger partial charge >= 0.3 is 6.18 Å². The summed E-state index contributed by atoms with van der Waals surface area (Å²) >= 11 is 0. The van der Waals surface area contributed by atoms with Crippen molar-refractivity contribution >= 4 is 0 Å². The highest BCUT2D eigenvalue weighted by atomic mass is 19.4. The van der Waals surface area contributed by atoms with Crippen LogP contribution in [0.15, 0.2) is 24.3 Å². The maximum absolute atomic E-state index is 12.8. The van der Waals surface area contributed by atoms with Gasteiger partial charge in [-0.25, -0.2) is 0 Å². The van der Waals surface area contributed by atoms with Crippen LogP contribution in [-0.4, -0.2) is 13.3 Å². The molecular formula is C11H10F3NO. The van der Waals surface area contributed by atoms with Crippen LogP contribution in [-0.2, 0) is 10.3 Å². The number of halogens is 3. The number of hydrogen-bond acceptors (Lipinski definition) is 2. The van der Waals surface area contributed by atoms with Gasteiger partial charge in [-0.2, -0.15) is 18.4 Å². The van der Waals surface area contributed by atoms with Crippen LogP contribution in [0.2, 0.25) is 0 Å². The Morgan fingerprint density at radius 3 is 2.00 bits per heavy atom. The van der Waals surface area contributed by atoms with Crippen molar-refractivity contribution in [3.63, 3.8) is 0 Å². The van der Waals surface area contributed by atoms with Crippen molar-refractivity contribution in [3.8, 4) is 6.07 Å². The van der Waals surface area contributed by atoms with Crippen LogP contribution in [0.1, 0.15) is 18.1 Å². The Hall–Kier alpha value is -1.54. The van der Waals surface area contributed by atoms with Crippen molar-refractivity contribution in [1.82, 2.24) is 0 Å². The van der Waals surface area contributed by atoms with Gasteiger partial charge in [0.15, 0.2) is 5.60 Å². The normalized spacial score (nSPS) is 15.2. The molecule has 16 heavy (non-hydrogen) atoms. The molecule has 0 fully saturated rings. The van der Waals surface area contributed by atoms with Crippen LogP contribution in [0.3, 0.4) is 0 Å². The molecule has 0 aliphatic rings. The Bertz CT molecular complexity index is 405. The number of ether oxygens (including phenoxy) is 1. The fourth-order valence-corrected chi connectivity index (χ4v) is 1.26. The SMILES string of the molecule is COC(C)(c1ccc(C#N)cc1)C(F)(F)F. The van der Waals surface area contributed by atoms with Crippen molar-refractivity contribution in [1.29, 1.82) is 5.26 Å². The number of hydrogen-bond donors (Lipinski definition) is 0. The van der Waals surface area contributed by atoms with E-state index >= 15 is 0 Å². The van der Waals surface area contributed by atoms with E-state index in [1.165, 1.54) is 24.3 Å². The molecule has 1 atom stereocenters. The number of nitrogens with zero attached hydrogens (tertiary/aromatic N) is 1.